The maximum Gasteiger partial charge on any atom is 0.246 e. The van der Waals surface area contributed by atoms with Gasteiger partial charge in [-0.25, -0.2) is 8.42 Å². The third-order valence-electron chi connectivity index (χ3n) is 3.12. The van der Waals surface area contributed by atoms with Crippen LogP contribution >= 0.6 is 0 Å². The van der Waals surface area contributed by atoms with E-state index in [0.717, 1.165) is 0 Å². The molecule has 2 aromatic rings. The van der Waals surface area contributed by atoms with Crippen molar-refractivity contribution in [2.45, 2.75) is 18.2 Å². The van der Waals surface area contributed by atoms with Crippen molar-refractivity contribution in [1.82, 2.24) is 9.29 Å². The molecular weight excluding hydrogens is 286 g/mol. The summed E-state index contributed by atoms with van der Waals surface area (Å²) in [6.45, 7) is 2.30. The summed E-state index contributed by atoms with van der Waals surface area (Å²) in [6.07, 6.45) is 7.51. The number of nitrogen functional groups attached to an aromatic ring is 1. The van der Waals surface area contributed by atoms with E-state index in [1.807, 2.05) is 6.92 Å². The van der Waals surface area contributed by atoms with Gasteiger partial charge in [-0.15, -0.1) is 6.42 Å². The van der Waals surface area contributed by atoms with E-state index in [2.05, 4.69) is 10.9 Å². The molecule has 1 heterocycles. The lowest BCUT2D eigenvalue weighted by Gasteiger charge is -2.20. The lowest BCUT2D eigenvalue weighted by Crippen LogP contribution is -2.32. The van der Waals surface area contributed by atoms with Crippen LogP contribution in [0.3, 0.4) is 0 Å². The molecule has 1 aromatic heterocycles. The Labute approximate surface area is 124 Å². The molecule has 0 saturated heterocycles. The predicted molar refractivity (Wildman–Crippen MR) is 84.0 cm³/mol. The first-order chi connectivity index (χ1) is 10.0. The molecule has 0 bridgehead atoms. The van der Waals surface area contributed by atoms with E-state index in [-0.39, 0.29) is 11.4 Å². The molecule has 0 atom stereocenters. The number of hydrogen-bond acceptors (Lipinski definition) is 4. The van der Waals surface area contributed by atoms with Gasteiger partial charge in [-0.1, -0.05) is 12.8 Å². The van der Waals surface area contributed by atoms with Gasteiger partial charge in [0.15, 0.2) is 0 Å². The van der Waals surface area contributed by atoms with E-state index in [4.69, 9.17) is 12.2 Å². The molecule has 0 fully saturated rings. The number of terminal acetylenes is 1. The third-order valence-corrected chi connectivity index (χ3v) is 5.00. The van der Waals surface area contributed by atoms with Crippen molar-refractivity contribution in [1.29, 1.82) is 0 Å². The number of aromatic nitrogens is 1. The minimum absolute atomic E-state index is 0.0366. The SMILES string of the molecule is C#CCN(CCC)S(=O)(=O)c1ccc(N)c2cccnc12. The van der Waals surface area contributed by atoms with Crippen LogP contribution in [0, 0.1) is 12.3 Å². The standard InChI is InChI=1S/C15H17N3O2S/c1-3-10-18(11-4-2)21(19,20)14-8-7-13(16)12-6-5-9-17-15(12)14/h1,5-9H,4,10-11,16H2,2H3. The van der Waals surface area contributed by atoms with Crippen LogP contribution < -0.4 is 5.73 Å². The van der Waals surface area contributed by atoms with Gasteiger partial charge in [-0.2, -0.15) is 4.31 Å². The van der Waals surface area contributed by atoms with E-state index < -0.39 is 10.0 Å². The minimum atomic E-state index is -3.70. The normalized spacial score (nSPS) is 11.7. The van der Waals surface area contributed by atoms with Crippen LogP contribution in [0.4, 0.5) is 5.69 Å². The molecule has 0 unspecified atom stereocenters. The predicted octanol–water partition coefficient (Wildman–Crippen LogP) is 1.85. The summed E-state index contributed by atoms with van der Waals surface area (Å²) < 4.78 is 26.9. The van der Waals surface area contributed by atoms with E-state index >= 15 is 0 Å². The van der Waals surface area contributed by atoms with Crippen LogP contribution in [-0.4, -0.2) is 30.8 Å². The Balaban J connectivity index is 2.65. The van der Waals surface area contributed by atoms with Crippen molar-refractivity contribution in [2.24, 2.45) is 0 Å². The van der Waals surface area contributed by atoms with Crippen molar-refractivity contribution in [3.05, 3.63) is 30.5 Å². The molecule has 1 aromatic carbocycles. The van der Waals surface area contributed by atoms with Gasteiger partial charge in [0.2, 0.25) is 10.0 Å². The molecular formula is C15H17N3O2S. The maximum absolute atomic E-state index is 12.8. The minimum Gasteiger partial charge on any atom is -0.398 e. The summed E-state index contributed by atoms with van der Waals surface area (Å²) in [5.74, 6) is 2.39. The number of fused-ring (bicyclic) bond motifs is 1. The van der Waals surface area contributed by atoms with Crippen molar-refractivity contribution >= 4 is 26.6 Å². The fourth-order valence-electron chi connectivity index (χ4n) is 2.15. The Morgan fingerprint density at radius 3 is 2.81 bits per heavy atom. The second kappa shape index (κ2) is 6.12. The zero-order chi connectivity index (χ0) is 15.5. The highest BCUT2D eigenvalue weighted by Crippen LogP contribution is 2.28. The molecule has 2 rings (SSSR count). The van der Waals surface area contributed by atoms with Gasteiger partial charge >= 0.3 is 0 Å². The number of benzene rings is 1. The first kappa shape index (κ1) is 15.3. The van der Waals surface area contributed by atoms with Crippen LogP contribution in [0.25, 0.3) is 10.9 Å². The molecule has 2 N–H and O–H groups in total. The smallest absolute Gasteiger partial charge is 0.246 e. The summed E-state index contributed by atoms with van der Waals surface area (Å²) in [6, 6.07) is 6.54. The molecule has 0 aliphatic carbocycles. The Bertz CT molecular complexity index is 794. The Morgan fingerprint density at radius 2 is 2.14 bits per heavy atom. The molecule has 0 saturated carbocycles. The molecule has 0 spiro atoms. The Kier molecular flexibility index (Phi) is 4.46. The van der Waals surface area contributed by atoms with Crippen LogP contribution in [0.2, 0.25) is 0 Å². The van der Waals surface area contributed by atoms with E-state index in [1.165, 1.54) is 10.4 Å². The molecule has 0 aliphatic heterocycles. The molecule has 5 nitrogen and oxygen atoms in total. The zero-order valence-electron chi connectivity index (χ0n) is 11.8. The van der Waals surface area contributed by atoms with Gasteiger partial charge in [0, 0.05) is 23.8 Å². The quantitative estimate of drug-likeness (QED) is 0.675. The fourth-order valence-corrected chi connectivity index (χ4v) is 3.74. The average molecular weight is 303 g/mol. The van der Waals surface area contributed by atoms with Crippen LogP contribution in [-0.2, 0) is 10.0 Å². The van der Waals surface area contributed by atoms with Crippen LogP contribution in [0.5, 0.6) is 0 Å². The van der Waals surface area contributed by atoms with Crippen LogP contribution in [0.1, 0.15) is 13.3 Å². The number of hydrogen-bond donors (Lipinski definition) is 1. The van der Waals surface area contributed by atoms with Crippen molar-refractivity contribution in [2.75, 3.05) is 18.8 Å². The topological polar surface area (TPSA) is 76.3 Å². The first-order valence-electron chi connectivity index (χ1n) is 6.59. The third kappa shape index (κ3) is 2.84. The molecule has 21 heavy (non-hydrogen) atoms. The van der Waals surface area contributed by atoms with Crippen molar-refractivity contribution in [3.63, 3.8) is 0 Å². The summed E-state index contributed by atoms with van der Waals surface area (Å²) >= 11 is 0. The zero-order valence-corrected chi connectivity index (χ0v) is 12.6. The van der Waals surface area contributed by atoms with Crippen LogP contribution in [0.15, 0.2) is 35.4 Å². The monoisotopic (exact) mass is 303 g/mol. The van der Waals surface area contributed by atoms with Gasteiger partial charge in [0.1, 0.15) is 4.90 Å². The van der Waals surface area contributed by atoms with Gasteiger partial charge in [0.05, 0.1) is 12.1 Å². The Hall–Kier alpha value is -2.10. The highest BCUT2D eigenvalue weighted by Gasteiger charge is 2.26. The van der Waals surface area contributed by atoms with Gasteiger partial charge < -0.3 is 5.73 Å². The molecule has 0 amide bonds. The molecule has 110 valence electrons. The summed E-state index contributed by atoms with van der Waals surface area (Å²) in [5.41, 5.74) is 6.75. The summed E-state index contributed by atoms with van der Waals surface area (Å²) in [4.78, 5) is 4.31. The van der Waals surface area contributed by atoms with Gasteiger partial charge in [-0.05, 0) is 30.7 Å². The number of nitrogens with zero attached hydrogens (tertiary/aromatic N) is 2. The average Bonchev–Trinajstić information content (AvgIpc) is 2.47. The second-order valence-corrected chi connectivity index (χ2v) is 6.50. The molecule has 0 radical (unpaired) electrons. The largest absolute Gasteiger partial charge is 0.398 e. The molecule has 6 heteroatoms. The van der Waals surface area contributed by atoms with E-state index in [9.17, 15) is 8.42 Å². The lowest BCUT2D eigenvalue weighted by atomic mass is 10.2. The van der Waals surface area contributed by atoms with Crippen molar-refractivity contribution in [3.8, 4) is 12.3 Å². The second-order valence-electron chi connectivity index (χ2n) is 4.60. The number of anilines is 1. The number of nitrogens with two attached hydrogens (primary N) is 1. The molecule has 0 aliphatic rings. The summed E-state index contributed by atoms with van der Waals surface area (Å²) in [7, 11) is -3.70. The van der Waals surface area contributed by atoms with Crippen molar-refractivity contribution < 1.29 is 8.42 Å². The first-order valence-corrected chi connectivity index (χ1v) is 8.03. The Morgan fingerprint density at radius 1 is 1.38 bits per heavy atom. The number of rotatable bonds is 5. The maximum atomic E-state index is 12.8. The highest BCUT2D eigenvalue weighted by molar-refractivity contribution is 7.89. The number of pyridine rings is 1. The van der Waals surface area contributed by atoms with Gasteiger partial charge in [-0.3, -0.25) is 4.98 Å². The summed E-state index contributed by atoms with van der Waals surface area (Å²) in [5, 5.41) is 0.621. The van der Waals surface area contributed by atoms with E-state index in [0.29, 0.717) is 29.6 Å². The lowest BCUT2D eigenvalue weighted by molar-refractivity contribution is 0.446. The fraction of sp³-hybridized carbons (Fsp3) is 0.267. The van der Waals surface area contributed by atoms with E-state index in [1.54, 1.807) is 24.4 Å². The highest BCUT2D eigenvalue weighted by atomic mass is 32.2. The van der Waals surface area contributed by atoms with Gasteiger partial charge in [0.25, 0.3) is 0 Å². The number of sulfonamides is 1.